The summed E-state index contributed by atoms with van der Waals surface area (Å²) in [5.74, 6) is 0. The lowest BCUT2D eigenvalue weighted by molar-refractivity contribution is -0.384. The number of nitrogen functional groups attached to an aromatic ring is 4. The van der Waals surface area contributed by atoms with E-state index in [2.05, 4.69) is 68.8 Å². The van der Waals surface area contributed by atoms with Crippen LogP contribution < -0.4 is 44.2 Å². The Morgan fingerprint density at radius 1 is 0.430 bits per heavy atom. The van der Waals surface area contributed by atoms with Gasteiger partial charge < -0.3 is 63.6 Å². The fraction of sp³-hybridized carbons (Fsp3) is 0.607. The lowest BCUT2D eigenvalue weighted by Gasteiger charge is -2.26. The van der Waals surface area contributed by atoms with Crippen LogP contribution in [0.1, 0.15) is 123 Å². The van der Waals surface area contributed by atoms with E-state index >= 15 is 0 Å². The zero-order valence-corrected chi connectivity index (χ0v) is 51.8. The number of nitrogens with two attached hydrogens (primary N) is 4. The van der Waals surface area contributed by atoms with E-state index in [4.69, 9.17) is 27.7 Å². The van der Waals surface area contributed by atoms with Crippen LogP contribution in [0.3, 0.4) is 0 Å². The second kappa shape index (κ2) is 43.3. The van der Waals surface area contributed by atoms with Crippen LogP contribution >= 0.6 is 0 Å². The van der Waals surface area contributed by atoms with Gasteiger partial charge in [-0.05, 0) is 179 Å². The number of benzene rings is 4. The SMILES string of the molecule is CCN(CC)CCCCCNc1ccc(N)cc1[N+](=O)[O-].CN(C)CCCCCCNc1ccc(N)cc1[N+](=O)[O-].Nc1ccc(NCCCCCCN2CCOCC2)c([N+](=O)[O-])c1.Nc1ccc(NCCCCCN2CCCCC2)c([N+](=O)[O-])c1. The average molecular weight is 1200 g/mol. The fourth-order valence-corrected chi connectivity index (χ4v) is 9.83. The number of ether oxygens (including phenoxy) is 1. The van der Waals surface area contributed by atoms with E-state index in [1.807, 2.05) is 0 Å². The molecule has 0 unspecified atom stereocenters. The van der Waals surface area contributed by atoms with E-state index in [1.165, 1.54) is 95.3 Å². The molecule has 0 aromatic heterocycles. The van der Waals surface area contributed by atoms with Crippen LogP contribution in [0.2, 0.25) is 0 Å². The Kier molecular flexibility index (Phi) is 36.7. The zero-order chi connectivity index (χ0) is 62.9. The van der Waals surface area contributed by atoms with Crippen molar-refractivity contribution >= 4 is 68.2 Å². The Morgan fingerprint density at radius 3 is 1.07 bits per heavy atom. The molecule has 0 bridgehead atoms. The second-order valence-corrected chi connectivity index (χ2v) is 22.0. The first-order valence-corrected chi connectivity index (χ1v) is 30.9. The van der Waals surface area contributed by atoms with Gasteiger partial charge in [-0.1, -0.05) is 58.8 Å². The smallest absolute Gasteiger partial charge is 0.294 e. The van der Waals surface area contributed by atoms with Gasteiger partial charge in [0.15, 0.2) is 0 Å². The highest BCUT2D eigenvalue weighted by Gasteiger charge is 2.18. The summed E-state index contributed by atoms with van der Waals surface area (Å²) < 4.78 is 5.33. The number of nitro benzene ring substituents is 4. The highest BCUT2D eigenvalue weighted by molar-refractivity contribution is 5.69. The molecule has 0 amide bonds. The number of likely N-dealkylation sites (tertiary alicyclic amines) is 1. The molecule has 0 aliphatic carbocycles. The Morgan fingerprint density at radius 2 is 0.733 bits per heavy atom. The Bertz CT molecular complexity index is 2570. The number of hydrogen-bond acceptors (Lipinski definition) is 21. The van der Waals surface area contributed by atoms with E-state index in [0.717, 1.165) is 143 Å². The van der Waals surface area contributed by atoms with Gasteiger partial charge in [0.1, 0.15) is 22.7 Å². The number of nitrogens with zero attached hydrogens (tertiary/aromatic N) is 8. The summed E-state index contributed by atoms with van der Waals surface area (Å²) in [5, 5.41) is 56.4. The van der Waals surface area contributed by atoms with Crippen LogP contribution in [0.25, 0.3) is 0 Å². The summed E-state index contributed by atoms with van der Waals surface area (Å²) in [6, 6.07) is 19.0. The van der Waals surface area contributed by atoms with E-state index in [1.54, 1.807) is 48.5 Å². The maximum absolute atomic E-state index is 11.0. The minimum atomic E-state index is -0.407. The van der Waals surface area contributed by atoms with Crippen LogP contribution in [-0.4, -0.2) is 158 Å². The maximum atomic E-state index is 11.0. The number of piperidine rings is 1. The van der Waals surface area contributed by atoms with Gasteiger partial charge in [0.2, 0.25) is 0 Å². The van der Waals surface area contributed by atoms with Gasteiger partial charge in [-0.2, -0.15) is 0 Å². The third kappa shape index (κ3) is 31.2. The molecule has 0 spiro atoms. The van der Waals surface area contributed by atoms with Crippen molar-refractivity contribution in [2.75, 3.05) is 163 Å². The number of hydrogen-bond donors (Lipinski definition) is 8. The lowest BCUT2D eigenvalue weighted by atomic mass is 10.1. The number of rotatable bonds is 36. The number of nitrogens with one attached hydrogen (secondary N) is 4. The summed E-state index contributed by atoms with van der Waals surface area (Å²) >= 11 is 0. The molecular weight excluding hydrogens is 1100 g/mol. The van der Waals surface area contributed by atoms with Gasteiger partial charge in [-0.3, -0.25) is 45.4 Å². The molecule has 0 radical (unpaired) electrons. The third-order valence-corrected chi connectivity index (χ3v) is 14.8. The molecule has 0 saturated carbocycles. The monoisotopic (exact) mass is 1200 g/mol. The molecule has 480 valence electrons. The molecule has 0 atom stereocenters. The zero-order valence-electron chi connectivity index (χ0n) is 51.8. The average Bonchev–Trinajstić information content (AvgIpc) is 3.70. The van der Waals surface area contributed by atoms with Crippen molar-refractivity contribution in [3.05, 3.63) is 113 Å². The molecule has 4 aromatic carbocycles. The van der Waals surface area contributed by atoms with Crippen LogP contribution in [0.5, 0.6) is 0 Å². The molecule has 2 aliphatic rings. The van der Waals surface area contributed by atoms with Crippen molar-refractivity contribution in [2.24, 2.45) is 0 Å². The number of nitro groups is 4. The maximum Gasteiger partial charge on any atom is 0.294 e. The topological polar surface area (TPSA) is 347 Å². The second-order valence-electron chi connectivity index (χ2n) is 22.0. The van der Waals surface area contributed by atoms with Crippen LogP contribution in [0, 0.1) is 40.5 Å². The van der Waals surface area contributed by atoms with Crippen molar-refractivity contribution in [1.29, 1.82) is 0 Å². The number of unbranched alkanes of at least 4 members (excludes halogenated alkanes) is 10. The molecule has 2 heterocycles. The molecule has 4 aromatic rings. The van der Waals surface area contributed by atoms with Crippen LogP contribution in [0.15, 0.2) is 72.8 Å². The predicted octanol–water partition coefficient (Wildman–Crippen LogP) is 11.5. The lowest BCUT2D eigenvalue weighted by Crippen LogP contribution is -2.36. The summed E-state index contributed by atoms with van der Waals surface area (Å²) in [5.41, 5.74) is 26.3. The van der Waals surface area contributed by atoms with Crippen LogP contribution in [-0.2, 0) is 4.74 Å². The first-order chi connectivity index (χ1) is 41.4. The molecule has 12 N–H and O–H groups in total. The van der Waals surface area contributed by atoms with Gasteiger partial charge in [-0.15, -0.1) is 0 Å². The van der Waals surface area contributed by atoms with Crippen molar-refractivity contribution in [3.8, 4) is 0 Å². The van der Waals surface area contributed by atoms with Gasteiger partial charge in [-0.25, -0.2) is 0 Å². The van der Waals surface area contributed by atoms with Crippen molar-refractivity contribution in [3.63, 3.8) is 0 Å². The summed E-state index contributed by atoms with van der Waals surface area (Å²) in [7, 11) is 4.14. The highest BCUT2D eigenvalue weighted by Crippen LogP contribution is 2.30. The first kappa shape index (κ1) is 72.9. The minimum absolute atomic E-state index is 0.0392. The van der Waals surface area contributed by atoms with Crippen molar-refractivity contribution < 1.29 is 24.4 Å². The molecular formula is C61H102N16O9. The molecule has 2 aliphatic heterocycles. The molecule has 2 saturated heterocycles. The third-order valence-electron chi connectivity index (χ3n) is 14.8. The molecule has 2 fully saturated rings. The van der Waals surface area contributed by atoms with Crippen molar-refractivity contribution in [1.82, 2.24) is 19.6 Å². The van der Waals surface area contributed by atoms with E-state index in [0.29, 0.717) is 45.5 Å². The van der Waals surface area contributed by atoms with Gasteiger partial charge >= 0.3 is 0 Å². The normalized spacial score (nSPS) is 13.3. The van der Waals surface area contributed by atoms with Crippen molar-refractivity contribution in [2.45, 2.75) is 123 Å². The molecule has 86 heavy (non-hydrogen) atoms. The number of morpholine rings is 1. The largest absolute Gasteiger partial charge is 0.399 e. The predicted molar refractivity (Wildman–Crippen MR) is 353 cm³/mol. The molecule has 6 rings (SSSR count). The summed E-state index contributed by atoms with van der Waals surface area (Å²) in [4.78, 5) is 51.8. The molecule has 25 nitrogen and oxygen atoms in total. The number of anilines is 8. The molecule has 25 heteroatoms. The Balaban J connectivity index is 0.000000301. The first-order valence-electron chi connectivity index (χ1n) is 30.9. The standard InChI is InChI=1S/C16H26N4O3.C16H26N4O2.C15H26N4O2.C14H24N4O2/c17-14-5-6-15(16(13-14)20(21)22)18-7-3-1-2-4-8-19-9-11-23-12-10-19;17-14-7-8-15(16(13-14)20(21)22)18-9-3-1-4-10-19-11-5-2-6-12-19;1-3-18(4-2)11-7-5-6-10-17-14-9-8-13(16)12-15(14)19(20)21;1-17(2)10-6-4-3-5-9-16-13-8-7-12(15)11-14(13)18(19)20/h5-6,13,18H,1-4,7-12,17H2;7-8,13,18H,1-6,9-12,17H2;8-9,12,17H,3-7,10-11,16H2,1-2H3;7-8,11,16H,3-6,9-10,15H2,1-2H3. The summed E-state index contributed by atoms with van der Waals surface area (Å²) in [6.07, 6.45) is 19.7. The van der Waals surface area contributed by atoms with Crippen LogP contribution in [0.4, 0.5) is 68.2 Å². The van der Waals surface area contributed by atoms with E-state index in [9.17, 15) is 40.5 Å². The fourth-order valence-electron chi connectivity index (χ4n) is 9.83. The van der Waals surface area contributed by atoms with Gasteiger partial charge in [0.05, 0.1) is 32.9 Å². The quantitative estimate of drug-likeness (QED) is 0.00907. The van der Waals surface area contributed by atoms with E-state index in [-0.39, 0.29) is 22.7 Å². The highest BCUT2D eigenvalue weighted by atomic mass is 16.6. The van der Waals surface area contributed by atoms with Gasteiger partial charge in [0.25, 0.3) is 22.7 Å². The Labute approximate surface area is 509 Å². The van der Waals surface area contributed by atoms with Gasteiger partial charge in [0, 0.05) is 86.3 Å². The minimum Gasteiger partial charge on any atom is -0.399 e. The van der Waals surface area contributed by atoms with E-state index < -0.39 is 19.7 Å². The summed E-state index contributed by atoms with van der Waals surface area (Å²) in [6.45, 7) is 20.3. The Hall–Kier alpha value is -7.32.